The highest BCUT2D eigenvalue weighted by atomic mass is 32.2. The molecule has 0 aliphatic carbocycles. The van der Waals surface area contributed by atoms with Gasteiger partial charge in [0, 0.05) is 38.3 Å². The first-order valence-electron chi connectivity index (χ1n) is 9.92. The summed E-state index contributed by atoms with van der Waals surface area (Å²) in [7, 11) is 1.03. The second-order valence-corrected chi connectivity index (χ2v) is 9.20. The van der Waals surface area contributed by atoms with Crippen molar-refractivity contribution in [2.75, 3.05) is 47.5 Å². The molecule has 10 heteroatoms. The van der Waals surface area contributed by atoms with Crippen LogP contribution in [0.15, 0.2) is 41.3 Å². The molecule has 1 N–H and O–H groups in total. The molecule has 1 fully saturated rings. The fourth-order valence-corrected chi connectivity index (χ4v) is 5.15. The van der Waals surface area contributed by atoms with Gasteiger partial charge in [-0.3, -0.25) is 4.90 Å². The minimum absolute atomic E-state index is 0.199. The fourth-order valence-electron chi connectivity index (χ4n) is 3.71. The number of rotatable bonds is 7. The Morgan fingerprint density at radius 3 is 2.35 bits per heavy atom. The largest absolute Gasteiger partial charge is 0.497 e. The lowest BCUT2D eigenvalue weighted by Crippen LogP contribution is -2.48. The number of fused-ring (bicyclic) bond motifs is 1. The van der Waals surface area contributed by atoms with Crippen LogP contribution in [0.1, 0.15) is 5.82 Å². The van der Waals surface area contributed by atoms with E-state index in [1.807, 2.05) is 18.2 Å². The first-order chi connectivity index (χ1) is 14.9. The summed E-state index contributed by atoms with van der Waals surface area (Å²) in [6.45, 7) is 2.68. The summed E-state index contributed by atoms with van der Waals surface area (Å²) in [4.78, 5) is 10.3. The van der Waals surface area contributed by atoms with Crippen molar-refractivity contribution in [3.63, 3.8) is 0 Å². The van der Waals surface area contributed by atoms with E-state index in [2.05, 4.69) is 14.9 Å². The standard InChI is InChI=1S/C21H26N4O5S/c1-28-15-4-6-17-18(12-15)23-21(22-17)14-24-8-10-25(11-9-24)31(26,27)16-5-7-19(29-2)20(13-16)30-3/h4-7,12-13H,8-11,14H2,1-3H3,(H,22,23). The number of hydrogen-bond donors (Lipinski definition) is 1. The number of aromatic amines is 1. The zero-order valence-corrected chi connectivity index (χ0v) is 18.6. The van der Waals surface area contributed by atoms with Gasteiger partial charge in [-0.05, 0) is 24.3 Å². The van der Waals surface area contributed by atoms with Crippen LogP contribution >= 0.6 is 0 Å². The number of nitrogens with zero attached hydrogens (tertiary/aromatic N) is 3. The molecule has 0 spiro atoms. The summed E-state index contributed by atoms with van der Waals surface area (Å²) in [6.07, 6.45) is 0. The summed E-state index contributed by atoms with van der Waals surface area (Å²) in [5.74, 6) is 2.51. The van der Waals surface area contributed by atoms with E-state index in [0.29, 0.717) is 44.2 Å². The van der Waals surface area contributed by atoms with Crippen LogP contribution in [0.2, 0.25) is 0 Å². The molecule has 2 heterocycles. The lowest BCUT2D eigenvalue weighted by Gasteiger charge is -2.33. The van der Waals surface area contributed by atoms with Gasteiger partial charge in [-0.25, -0.2) is 13.4 Å². The summed E-state index contributed by atoms with van der Waals surface area (Å²) in [5.41, 5.74) is 1.80. The smallest absolute Gasteiger partial charge is 0.243 e. The lowest BCUT2D eigenvalue weighted by atomic mass is 10.3. The number of aromatic nitrogens is 2. The van der Waals surface area contributed by atoms with E-state index in [4.69, 9.17) is 14.2 Å². The molecule has 1 saturated heterocycles. The molecular weight excluding hydrogens is 420 g/mol. The normalized spacial score (nSPS) is 15.8. The molecule has 4 rings (SSSR count). The number of ether oxygens (including phenoxy) is 3. The SMILES string of the molecule is COc1ccc2nc(CN3CCN(S(=O)(=O)c4ccc(OC)c(OC)c4)CC3)[nH]c2c1. The molecule has 9 nitrogen and oxygen atoms in total. The van der Waals surface area contributed by atoms with E-state index in [1.54, 1.807) is 19.2 Å². The fraction of sp³-hybridized carbons (Fsp3) is 0.381. The quantitative estimate of drug-likeness (QED) is 0.594. The van der Waals surface area contributed by atoms with Crippen molar-refractivity contribution < 1.29 is 22.6 Å². The molecule has 1 aliphatic heterocycles. The molecule has 0 amide bonds. The summed E-state index contributed by atoms with van der Waals surface area (Å²) < 4.78 is 43.4. The van der Waals surface area contributed by atoms with Gasteiger partial charge in [-0.1, -0.05) is 0 Å². The second kappa shape index (κ2) is 8.74. The Morgan fingerprint density at radius 2 is 1.68 bits per heavy atom. The third-order valence-corrected chi connectivity index (χ3v) is 7.33. The molecule has 0 saturated carbocycles. The Bertz CT molecular complexity index is 1170. The van der Waals surface area contributed by atoms with Crippen LogP contribution < -0.4 is 14.2 Å². The summed E-state index contributed by atoms with van der Waals surface area (Å²) >= 11 is 0. The Balaban J connectivity index is 1.42. The third-order valence-electron chi connectivity index (χ3n) is 5.44. The minimum atomic E-state index is -3.61. The highest BCUT2D eigenvalue weighted by Gasteiger charge is 2.29. The molecule has 31 heavy (non-hydrogen) atoms. The Labute approximate surface area is 181 Å². The van der Waals surface area contributed by atoms with Gasteiger partial charge in [-0.2, -0.15) is 4.31 Å². The number of methoxy groups -OCH3 is 3. The van der Waals surface area contributed by atoms with Crippen LogP contribution in [-0.2, 0) is 16.6 Å². The highest BCUT2D eigenvalue weighted by Crippen LogP contribution is 2.31. The van der Waals surface area contributed by atoms with Gasteiger partial charge >= 0.3 is 0 Å². The third kappa shape index (κ3) is 4.32. The number of nitrogens with one attached hydrogen (secondary N) is 1. The molecule has 2 aromatic carbocycles. The Hall–Kier alpha value is -2.82. The van der Waals surface area contributed by atoms with Gasteiger partial charge < -0.3 is 19.2 Å². The molecule has 3 aromatic rings. The van der Waals surface area contributed by atoms with E-state index in [1.165, 1.54) is 24.6 Å². The number of benzene rings is 2. The van der Waals surface area contributed by atoms with Crippen molar-refractivity contribution in [3.05, 3.63) is 42.2 Å². The highest BCUT2D eigenvalue weighted by molar-refractivity contribution is 7.89. The second-order valence-electron chi connectivity index (χ2n) is 7.26. The van der Waals surface area contributed by atoms with Crippen molar-refractivity contribution in [2.24, 2.45) is 0 Å². The minimum Gasteiger partial charge on any atom is -0.497 e. The van der Waals surface area contributed by atoms with E-state index >= 15 is 0 Å². The maximum absolute atomic E-state index is 13.1. The monoisotopic (exact) mass is 446 g/mol. The van der Waals surface area contributed by atoms with Gasteiger partial charge in [-0.15, -0.1) is 0 Å². The van der Waals surface area contributed by atoms with Gasteiger partial charge in [0.1, 0.15) is 11.6 Å². The molecular formula is C21H26N4O5S. The molecule has 1 aliphatic rings. The molecule has 0 radical (unpaired) electrons. The van der Waals surface area contributed by atoms with Crippen LogP contribution in [-0.4, -0.2) is 75.1 Å². The molecule has 0 unspecified atom stereocenters. The average molecular weight is 447 g/mol. The van der Waals surface area contributed by atoms with Gasteiger partial charge in [0.25, 0.3) is 0 Å². The molecule has 0 atom stereocenters. The first kappa shape index (κ1) is 21.4. The van der Waals surface area contributed by atoms with Crippen LogP contribution in [0.25, 0.3) is 11.0 Å². The van der Waals surface area contributed by atoms with Crippen LogP contribution in [0.4, 0.5) is 0 Å². The average Bonchev–Trinajstić information content (AvgIpc) is 3.20. The van der Waals surface area contributed by atoms with Crippen molar-refractivity contribution in [2.45, 2.75) is 11.4 Å². The van der Waals surface area contributed by atoms with Crippen molar-refractivity contribution >= 4 is 21.1 Å². The first-order valence-corrected chi connectivity index (χ1v) is 11.4. The van der Waals surface area contributed by atoms with E-state index in [-0.39, 0.29) is 4.90 Å². The lowest BCUT2D eigenvalue weighted by molar-refractivity contribution is 0.178. The number of piperazine rings is 1. The van der Waals surface area contributed by atoms with Crippen molar-refractivity contribution in [3.8, 4) is 17.2 Å². The summed E-state index contributed by atoms with van der Waals surface area (Å²) in [6, 6.07) is 10.4. The van der Waals surface area contributed by atoms with E-state index in [9.17, 15) is 8.42 Å². The predicted molar refractivity (Wildman–Crippen MR) is 116 cm³/mol. The molecule has 166 valence electrons. The number of imidazole rings is 1. The number of H-pyrrole nitrogens is 1. The van der Waals surface area contributed by atoms with Crippen LogP contribution in [0.5, 0.6) is 17.2 Å². The number of sulfonamides is 1. The molecule has 0 bridgehead atoms. The molecule has 1 aromatic heterocycles. The van der Waals surface area contributed by atoms with E-state index in [0.717, 1.165) is 22.6 Å². The summed E-state index contributed by atoms with van der Waals surface area (Å²) in [5, 5.41) is 0. The van der Waals surface area contributed by atoms with Crippen molar-refractivity contribution in [1.82, 2.24) is 19.2 Å². The van der Waals surface area contributed by atoms with Gasteiger partial charge in [0.2, 0.25) is 10.0 Å². The maximum atomic E-state index is 13.1. The maximum Gasteiger partial charge on any atom is 0.243 e. The van der Waals surface area contributed by atoms with E-state index < -0.39 is 10.0 Å². The van der Waals surface area contributed by atoms with Crippen molar-refractivity contribution in [1.29, 1.82) is 0 Å². The van der Waals surface area contributed by atoms with Gasteiger partial charge in [0.15, 0.2) is 11.5 Å². The zero-order valence-electron chi connectivity index (χ0n) is 17.8. The Morgan fingerprint density at radius 1 is 0.935 bits per heavy atom. The Kier molecular flexibility index (Phi) is 6.03. The van der Waals surface area contributed by atoms with Crippen LogP contribution in [0, 0.1) is 0 Å². The van der Waals surface area contributed by atoms with Gasteiger partial charge in [0.05, 0.1) is 43.8 Å². The van der Waals surface area contributed by atoms with Crippen LogP contribution in [0.3, 0.4) is 0 Å². The topological polar surface area (TPSA) is 97.0 Å². The number of hydrogen-bond acceptors (Lipinski definition) is 7. The zero-order chi connectivity index (χ0) is 22.0. The predicted octanol–water partition coefficient (Wildman–Crippen LogP) is 2.10.